The quantitative estimate of drug-likeness (QED) is 0.567. The van der Waals surface area contributed by atoms with Gasteiger partial charge in [0.25, 0.3) is 11.8 Å². The fourth-order valence-corrected chi connectivity index (χ4v) is 4.01. The van der Waals surface area contributed by atoms with Crippen LogP contribution < -0.4 is 10.2 Å². The number of hydrogen-bond donors (Lipinski definition) is 1. The second kappa shape index (κ2) is 10.5. The fraction of sp³-hybridized carbons (Fsp3) is 0.346. The predicted octanol–water partition coefficient (Wildman–Crippen LogP) is 4.22. The molecule has 7 nitrogen and oxygen atoms in total. The maximum absolute atomic E-state index is 13.4. The van der Waals surface area contributed by atoms with Crippen LogP contribution in [0.3, 0.4) is 0 Å². The summed E-state index contributed by atoms with van der Waals surface area (Å²) in [6.07, 6.45) is 2.09. The van der Waals surface area contributed by atoms with Crippen molar-refractivity contribution in [3.05, 3.63) is 72.0 Å². The third kappa shape index (κ3) is 5.27. The van der Waals surface area contributed by atoms with E-state index >= 15 is 0 Å². The van der Waals surface area contributed by atoms with E-state index in [4.69, 9.17) is 4.42 Å². The van der Waals surface area contributed by atoms with Crippen LogP contribution in [0.15, 0.2) is 59.3 Å². The Labute approximate surface area is 198 Å². The molecule has 178 valence electrons. The summed E-state index contributed by atoms with van der Waals surface area (Å²) in [5.74, 6) is 0.0425. The number of benzene rings is 2. The van der Waals surface area contributed by atoms with Gasteiger partial charge in [-0.15, -0.1) is 0 Å². The van der Waals surface area contributed by atoms with E-state index in [0.29, 0.717) is 49.8 Å². The minimum absolute atomic E-state index is 0.128. The summed E-state index contributed by atoms with van der Waals surface area (Å²) < 4.78 is 18.8. The van der Waals surface area contributed by atoms with Gasteiger partial charge in [-0.05, 0) is 42.7 Å². The highest BCUT2D eigenvalue weighted by Gasteiger charge is 2.27. The summed E-state index contributed by atoms with van der Waals surface area (Å²) in [7, 11) is 0. The van der Waals surface area contributed by atoms with Crippen molar-refractivity contribution in [1.82, 2.24) is 15.2 Å². The molecule has 0 saturated carbocycles. The first-order chi connectivity index (χ1) is 16.4. The van der Waals surface area contributed by atoms with Crippen molar-refractivity contribution >= 4 is 17.5 Å². The first-order valence-corrected chi connectivity index (χ1v) is 11.5. The highest BCUT2D eigenvalue weighted by Crippen LogP contribution is 2.28. The summed E-state index contributed by atoms with van der Waals surface area (Å²) in [5, 5.41) is 2.88. The zero-order valence-corrected chi connectivity index (χ0v) is 19.5. The van der Waals surface area contributed by atoms with E-state index in [1.807, 2.05) is 6.07 Å². The van der Waals surface area contributed by atoms with Crippen LogP contribution >= 0.6 is 0 Å². The molecule has 0 aliphatic carbocycles. The van der Waals surface area contributed by atoms with E-state index in [-0.39, 0.29) is 29.1 Å². The molecule has 2 amide bonds. The number of nitrogens with zero attached hydrogens (tertiary/aromatic N) is 3. The van der Waals surface area contributed by atoms with Gasteiger partial charge in [-0.1, -0.05) is 32.0 Å². The van der Waals surface area contributed by atoms with E-state index in [1.165, 1.54) is 18.5 Å². The smallest absolute Gasteiger partial charge is 0.273 e. The monoisotopic (exact) mass is 464 g/mol. The van der Waals surface area contributed by atoms with Crippen LogP contribution in [0.2, 0.25) is 0 Å². The summed E-state index contributed by atoms with van der Waals surface area (Å²) >= 11 is 0. The molecule has 34 heavy (non-hydrogen) atoms. The van der Waals surface area contributed by atoms with Crippen molar-refractivity contribution in [3.63, 3.8) is 0 Å². The molecule has 8 heteroatoms. The van der Waals surface area contributed by atoms with Crippen molar-refractivity contribution in [2.45, 2.75) is 20.3 Å². The van der Waals surface area contributed by atoms with E-state index in [2.05, 4.69) is 29.0 Å². The van der Waals surface area contributed by atoms with Crippen molar-refractivity contribution in [2.75, 3.05) is 37.6 Å². The number of halogens is 1. The lowest BCUT2D eigenvalue weighted by atomic mass is 10.0. The largest absolute Gasteiger partial charge is 0.443 e. The number of aromatic nitrogens is 1. The van der Waals surface area contributed by atoms with Gasteiger partial charge in [-0.3, -0.25) is 9.59 Å². The Morgan fingerprint density at radius 1 is 1.06 bits per heavy atom. The van der Waals surface area contributed by atoms with Crippen LogP contribution in [0.4, 0.5) is 10.1 Å². The van der Waals surface area contributed by atoms with E-state index in [1.54, 1.807) is 35.2 Å². The Kier molecular flexibility index (Phi) is 7.25. The molecule has 1 aromatic heterocycles. The average molecular weight is 465 g/mol. The lowest BCUT2D eigenvalue weighted by Crippen LogP contribution is -2.48. The fourth-order valence-electron chi connectivity index (χ4n) is 4.01. The van der Waals surface area contributed by atoms with E-state index in [0.717, 1.165) is 12.1 Å². The molecule has 0 radical (unpaired) electrons. The maximum atomic E-state index is 13.4. The molecule has 4 rings (SSSR count). The van der Waals surface area contributed by atoms with Crippen LogP contribution in [0, 0.1) is 11.7 Å². The molecular formula is C26H29FN4O3. The lowest BCUT2D eigenvalue weighted by Gasteiger charge is -2.36. The van der Waals surface area contributed by atoms with Crippen molar-refractivity contribution in [2.24, 2.45) is 5.92 Å². The molecule has 0 unspecified atom stereocenters. The molecule has 2 aromatic carbocycles. The SMILES string of the molecule is CC(C)CCNC(=O)c1ncoc1-c1ccccc1C(=O)N1CCN(c2ccc(F)cc2)CC1. The van der Waals surface area contributed by atoms with Gasteiger partial charge in [-0.2, -0.15) is 0 Å². The first-order valence-electron chi connectivity index (χ1n) is 11.5. The van der Waals surface area contributed by atoms with E-state index in [9.17, 15) is 14.0 Å². The van der Waals surface area contributed by atoms with E-state index < -0.39 is 0 Å². The van der Waals surface area contributed by atoms with Crippen molar-refractivity contribution in [3.8, 4) is 11.3 Å². The Morgan fingerprint density at radius 2 is 1.76 bits per heavy atom. The Morgan fingerprint density at radius 3 is 2.47 bits per heavy atom. The standard InChI is InChI=1S/C26H29FN4O3/c1-18(2)11-12-28-25(32)23-24(34-17-29-23)21-5-3-4-6-22(21)26(33)31-15-13-30(14-16-31)20-9-7-19(27)8-10-20/h3-10,17-18H,11-16H2,1-2H3,(H,28,32). The third-order valence-corrected chi connectivity index (χ3v) is 5.95. The molecule has 1 fully saturated rings. The van der Waals surface area contributed by atoms with Gasteiger partial charge in [-0.25, -0.2) is 9.37 Å². The van der Waals surface area contributed by atoms with Gasteiger partial charge >= 0.3 is 0 Å². The van der Waals surface area contributed by atoms with Gasteiger partial charge in [0, 0.05) is 44.0 Å². The molecule has 0 atom stereocenters. The normalized spacial score (nSPS) is 13.9. The lowest BCUT2D eigenvalue weighted by molar-refractivity contribution is 0.0747. The molecule has 1 aliphatic heterocycles. The van der Waals surface area contributed by atoms with Crippen LogP contribution in [-0.2, 0) is 0 Å². The van der Waals surface area contributed by atoms with Gasteiger partial charge in [0.15, 0.2) is 17.8 Å². The summed E-state index contributed by atoms with van der Waals surface area (Å²) in [4.78, 5) is 34.2. The molecule has 0 spiro atoms. The topological polar surface area (TPSA) is 78.7 Å². The Balaban J connectivity index is 1.48. The number of carbonyl (C=O) groups is 2. The van der Waals surface area contributed by atoms with Gasteiger partial charge in [0.2, 0.25) is 0 Å². The van der Waals surface area contributed by atoms with Crippen LogP contribution in [-0.4, -0.2) is 54.4 Å². The number of carbonyl (C=O) groups excluding carboxylic acids is 2. The number of nitrogens with one attached hydrogen (secondary N) is 1. The predicted molar refractivity (Wildman–Crippen MR) is 128 cm³/mol. The molecule has 1 N–H and O–H groups in total. The highest BCUT2D eigenvalue weighted by atomic mass is 19.1. The molecule has 2 heterocycles. The molecule has 1 saturated heterocycles. The maximum Gasteiger partial charge on any atom is 0.273 e. The van der Waals surface area contributed by atoms with Crippen molar-refractivity contribution in [1.29, 1.82) is 0 Å². The third-order valence-electron chi connectivity index (χ3n) is 5.95. The first kappa shape index (κ1) is 23.5. The minimum Gasteiger partial charge on any atom is -0.443 e. The van der Waals surface area contributed by atoms with Crippen LogP contribution in [0.5, 0.6) is 0 Å². The number of piperazine rings is 1. The number of hydrogen-bond acceptors (Lipinski definition) is 5. The van der Waals surface area contributed by atoms with Gasteiger partial charge in [0.1, 0.15) is 5.82 Å². The van der Waals surface area contributed by atoms with Gasteiger partial charge in [0.05, 0.1) is 5.56 Å². The molecule has 1 aliphatic rings. The number of oxazole rings is 1. The average Bonchev–Trinajstić information content (AvgIpc) is 3.34. The Bertz CT molecular complexity index is 1130. The summed E-state index contributed by atoms with van der Waals surface area (Å²) in [5.41, 5.74) is 2.11. The molecule has 0 bridgehead atoms. The number of anilines is 1. The zero-order chi connectivity index (χ0) is 24.1. The number of amides is 2. The molecular weight excluding hydrogens is 435 g/mol. The van der Waals surface area contributed by atoms with Gasteiger partial charge < -0.3 is 19.5 Å². The van der Waals surface area contributed by atoms with Crippen LogP contribution in [0.1, 0.15) is 41.1 Å². The summed E-state index contributed by atoms with van der Waals surface area (Å²) in [6, 6.07) is 13.5. The van der Waals surface area contributed by atoms with Crippen molar-refractivity contribution < 1.29 is 18.4 Å². The number of rotatable bonds is 7. The minimum atomic E-state index is -0.320. The van der Waals surface area contributed by atoms with Crippen LogP contribution in [0.25, 0.3) is 11.3 Å². The summed E-state index contributed by atoms with van der Waals surface area (Å²) in [6.45, 7) is 7.08. The zero-order valence-electron chi connectivity index (χ0n) is 19.5. The Hall–Kier alpha value is -3.68. The molecule has 3 aromatic rings. The highest BCUT2D eigenvalue weighted by molar-refractivity contribution is 6.04. The second-order valence-corrected chi connectivity index (χ2v) is 8.77. The second-order valence-electron chi connectivity index (χ2n) is 8.77.